The van der Waals surface area contributed by atoms with Gasteiger partial charge >= 0.3 is 5.97 Å². The van der Waals surface area contributed by atoms with Gasteiger partial charge in [-0.3, -0.25) is 0 Å². The number of phenols is 1. The van der Waals surface area contributed by atoms with Crippen molar-refractivity contribution in [2.75, 3.05) is 35.0 Å². The molecule has 0 heterocycles. The summed E-state index contributed by atoms with van der Waals surface area (Å²) in [7, 11) is 5.95. The third-order valence-corrected chi connectivity index (χ3v) is 4.14. The normalized spacial score (nSPS) is 12.9. The fraction of sp³-hybridized carbons (Fsp3) is 0.350. The van der Waals surface area contributed by atoms with Crippen molar-refractivity contribution in [1.82, 2.24) is 0 Å². The Morgan fingerprint density at radius 1 is 0.964 bits per heavy atom. The Kier molecular flexibility index (Phi) is 7.48. The van der Waals surface area contributed by atoms with Crippen molar-refractivity contribution in [3.63, 3.8) is 0 Å². The van der Waals surface area contributed by atoms with E-state index in [0.29, 0.717) is 17.1 Å². The van der Waals surface area contributed by atoms with E-state index >= 15 is 0 Å². The minimum atomic E-state index is -1.07. The van der Waals surface area contributed by atoms with E-state index in [4.69, 9.17) is 28.8 Å². The number of carboxylic acid groups (broad SMARTS) is 1. The molecule has 0 saturated heterocycles. The minimum Gasteiger partial charge on any atom is -0.504 e. The first-order valence-corrected chi connectivity index (χ1v) is 8.41. The second-order valence-corrected chi connectivity index (χ2v) is 5.87. The highest BCUT2D eigenvalue weighted by Crippen LogP contribution is 2.35. The average molecular weight is 392 g/mol. The van der Waals surface area contributed by atoms with Gasteiger partial charge in [-0.05, 0) is 35.9 Å². The molecule has 0 saturated carbocycles. The van der Waals surface area contributed by atoms with Crippen molar-refractivity contribution in [1.29, 1.82) is 0 Å². The summed E-state index contributed by atoms with van der Waals surface area (Å²) >= 11 is 0. The SMILES string of the molecule is COCC(Oc1ccc(C(=O)O)cc1OC)C(OC)c1ccc(O)c(OC)c1. The van der Waals surface area contributed by atoms with Crippen molar-refractivity contribution >= 4 is 5.97 Å². The highest BCUT2D eigenvalue weighted by molar-refractivity contribution is 5.88. The van der Waals surface area contributed by atoms with Gasteiger partial charge in [-0.15, -0.1) is 0 Å². The first kappa shape index (κ1) is 21.3. The Hall–Kier alpha value is -2.97. The Morgan fingerprint density at radius 2 is 1.68 bits per heavy atom. The van der Waals surface area contributed by atoms with Crippen molar-refractivity contribution in [2.24, 2.45) is 0 Å². The third kappa shape index (κ3) is 4.85. The number of hydrogen-bond donors (Lipinski definition) is 2. The molecular weight excluding hydrogens is 368 g/mol. The summed E-state index contributed by atoms with van der Waals surface area (Å²) in [4.78, 5) is 11.2. The average Bonchev–Trinajstić information content (AvgIpc) is 2.69. The number of rotatable bonds is 10. The first-order chi connectivity index (χ1) is 13.4. The number of carbonyl (C=O) groups is 1. The second-order valence-electron chi connectivity index (χ2n) is 5.87. The van der Waals surface area contributed by atoms with Gasteiger partial charge in [-0.1, -0.05) is 6.07 Å². The van der Waals surface area contributed by atoms with Crippen LogP contribution >= 0.6 is 0 Å². The molecule has 2 rings (SSSR count). The Balaban J connectivity index is 2.37. The molecule has 0 aliphatic heterocycles. The predicted molar refractivity (Wildman–Crippen MR) is 101 cm³/mol. The molecule has 0 bridgehead atoms. The number of methoxy groups -OCH3 is 4. The zero-order valence-electron chi connectivity index (χ0n) is 16.2. The molecule has 0 aliphatic carbocycles. The third-order valence-electron chi connectivity index (χ3n) is 4.14. The second kappa shape index (κ2) is 9.82. The molecule has 0 amide bonds. The number of aromatic carboxylic acids is 1. The summed E-state index contributed by atoms with van der Waals surface area (Å²) in [6.07, 6.45) is -1.15. The van der Waals surface area contributed by atoms with Crippen molar-refractivity contribution in [3.05, 3.63) is 47.5 Å². The van der Waals surface area contributed by atoms with Gasteiger partial charge in [0.05, 0.1) is 26.4 Å². The van der Waals surface area contributed by atoms with E-state index in [9.17, 15) is 9.90 Å². The summed E-state index contributed by atoms with van der Waals surface area (Å²) in [5.41, 5.74) is 0.791. The monoisotopic (exact) mass is 392 g/mol. The molecule has 2 N–H and O–H groups in total. The molecule has 0 spiro atoms. The molecular formula is C20H24O8. The van der Waals surface area contributed by atoms with Gasteiger partial charge < -0.3 is 33.9 Å². The highest BCUT2D eigenvalue weighted by atomic mass is 16.6. The van der Waals surface area contributed by atoms with E-state index in [0.717, 1.165) is 0 Å². The van der Waals surface area contributed by atoms with Crippen LogP contribution in [-0.2, 0) is 9.47 Å². The Morgan fingerprint density at radius 3 is 2.25 bits per heavy atom. The van der Waals surface area contributed by atoms with Crippen LogP contribution in [0, 0.1) is 0 Å². The van der Waals surface area contributed by atoms with E-state index in [-0.39, 0.29) is 23.7 Å². The summed E-state index contributed by atoms with van der Waals surface area (Å²) in [5, 5.41) is 19.0. The lowest BCUT2D eigenvalue weighted by atomic mass is 10.0. The van der Waals surface area contributed by atoms with Crippen LogP contribution in [0.3, 0.4) is 0 Å². The summed E-state index contributed by atoms with van der Waals surface area (Å²) in [6.45, 7) is 0.186. The van der Waals surface area contributed by atoms with Crippen LogP contribution < -0.4 is 14.2 Å². The lowest BCUT2D eigenvalue weighted by Crippen LogP contribution is -2.31. The topological polar surface area (TPSA) is 104 Å². The molecule has 8 nitrogen and oxygen atoms in total. The maximum atomic E-state index is 11.2. The van der Waals surface area contributed by atoms with Crippen molar-refractivity contribution in [2.45, 2.75) is 12.2 Å². The number of aromatic hydroxyl groups is 1. The van der Waals surface area contributed by atoms with Crippen LogP contribution in [0.25, 0.3) is 0 Å². The Labute approximate surface area is 163 Å². The molecule has 2 atom stereocenters. The fourth-order valence-corrected chi connectivity index (χ4v) is 2.78. The molecule has 2 unspecified atom stereocenters. The molecule has 0 radical (unpaired) electrons. The number of phenolic OH excluding ortho intramolecular Hbond substituents is 1. The predicted octanol–water partition coefficient (Wildman–Crippen LogP) is 2.89. The number of ether oxygens (including phenoxy) is 5. The van der Waals surface area contributed by atoms with Gasteiger partial charge in [-0.25, -0.2) is 4.79 Å². The largest absolute Gasteiger partial charge is 0.504 e. The zero-order chi connectivity index (χ0) is 20.7. The van der Waals surface area contributed by atoms with Crippen LogP contribution in [0.15, 0.2) is 36.4 Å². The molecule has 2 aromatic carbocycles. The lowest BCUT2D eigenvalue weighted by Gasteiger charge is -2.27. The van der Waals surface area contributed by atoms with Crippen LogP contribution in [-0.4, -0.2) is 57.3 Å². The van der Waals surface area contributed by atoms with Crippen LogP contribution in [0.2, 0.25) is 0 Å². The molecule has 0 aromatic heterocycles. The van der Waals surface area contributed by atoms with E-state index in [1.807, 2.05) is 0 Å². The van der Waals surface area contributed by atoms with Crippen molar-refractivity contribution in [3.8, 4) is 23.0 Å². The molecule has 0 fully saturated rings. The highest BCUT2D eigenvalue weighted by Gasteiger charge is 2.27. The molecule has 0 aliphatic rings. The molecule has 2 aromatic rings. The molecule has 152 valence electrons. The molecule has 28 heavy (non-hydrogen) atoms. The minimum absolute atomic E-state index is 0.0104. The van der Waals surface area contributed by atoms with E-state index < -0.39 is 18.2 Å². The molecule has 8 heteroatoms. The van der Waals surface area contributed by atoms with Gasteiger partial charge in [0.1, 0.15) is 6.10 Å². The summed E-state index contributed by atoms with van der Waals surface area (Å²) in [5.74, 6) is -0.124. The van der Waals surface area contributed by atoms with Gasteiger partial charge in [0.25, 0.3) is 0 Å². The smallest absolute Gasteiger partial charge is 0.335 e. The van der Waals surface area contributed by atoms with Crippen LogP contribution in [0.4, 0.5) is 0 Å². The summed E-state index contributed by atoms with van der Waals surface area (Å²) in [6, 6.07) is 9.19. The number of carboxylic acids is 1. The number of benzene rings is 2. The quantitative estimate of drug-likeness (QED) is 0.636. The fourth-order valence-electron chi connectivity index (χ4n) is 2.78. The van der Waals surface area contributed by atoms with Crippen LogP contribution in [0.5, 0.6) is 23.0 Å². The lowest BCUT2D eigenvalue weighted by molar-refractivity contribution is -0.0359. The van der Waals surface area contributed by atoms with Gasteiger partial charge in [0.15, 0.2) is 29.1 Å². The summed E-state index contributed by atoms with van der Waals surface area (Å²) < 4.78 is 27.4. The van der Waals surface area contributed by atoms with Crippen LogP contribution in [0.1, 0.15) is 22.0 Å². The van der Waals surface area contributed by atoms with E-state index in [2.05, 4.69) is 0 Å². The van der Waals surface area contributed by atoms with E-state index in [1.165, 1.54) is 52.7 Å². The van der Waals surface area contributed by atoms with Crippen molar-refractivity contribution < 1.29 is 38.7 Å². The first-order valence-electron chi connectivity index (χ1n) is 8.41. The van der Waals surface area contributed by atoms with Gasteiger partial charge in [-0.2, -0.15) is 0 Å². The zero-order valence-corrected chi connectivity index (χ0v) is 16.2. The standard InChI is InChI=1S/C20H24O8/c1-24-11-18(19(27-4)12-5-7-14(21)16(9-12)25-2)28-15-8-6-13(20(22)23)10-17(15)26-3/h5-10,18-19,21H,11H2,1-4H3,(H,22,23). The van der Waals surface area contributed by atoms with E-state index in [1.54, 1.807) is 12.1 Å². The Bertz CT molecular complexity index is 805. The maximum absolute atomic E-state index is 11.2. The van der Waals surface area contributed by atoms with Gasteiger partial charge in [0.2, 0.25) is 0 Å². The number of hydrogen-bond acceptors (Lipinski definition) is 7. The maximum Gasteiger partial charge on any atom is 0.335 e. The van der Waals surface area contributed by atoms with Gasteiger partial charge in [0, 0.05) is 14.2 Å².